The van der Waals surface area contributed by atoms with Gasteiger partial charge in [-0.05, 0) is 24.3 Å². The van der Waals surface area contributed by atoms with E-state index in [9.17, 15) is 4.79 Å². The van der Waals surface area contributed by atoms with Gasteiger partial charge in [0, 0.05) is 6.20 Å². The Morgan fingerprint density at radius 1 is 1.11 bits per heavy atom. The van der Waals surface area contributed by atoms with Crippen LogP contribution >= 0.6 is 34.8 Å². The summed E-state index contributed by atoms with van der Waals surface area (Å²) in [6.07, 6.45) is 1.51. The summed E-state index contributed by atoms with van der Waals surface area (Å²) < 4.78 is 0. The van der Waals surface area contributed by atoms with E-state index >= 15 is 0 Å². The number of rotatable bonds is 2. The molecule has 0 saturated heterocycles. The van der Waals surface area contributed by atoms with Crippen molar-refractivity contribution in [1.82, 2.24) is 4.98 Å². The number of carbonyl (C=O) groups is 1. The molecule has 3 nitrogen and oxygen atoms in total. The second-order valence-corrected chi connectivity index (χ2v) is 4.54. The molecule has 18 heavy (non-hydrogen) atoms. The van der Waals surface area contributed by atoms with Gasteiger partial charge in [-0.1, -0.05) is 40.9 Å². The third-order valence-corrected chi connectivity index (χ3v) is 3.32. The molecule has 1 aromatic carbocycles. The standard InChI is InChI=1S/C12H7Cl3N2O/c13-8-4-1-5-9(10(8)14)17-12(18)7-3-2-6-16-11(7)15/h1-6H,(H,17,18). The summed E-state index contributed by atoms with van der Waals surface area (Å²) >= 11 is 17.6. The number of aromatic nitrogens is 1. The van der Waals surface area contributed by atoms with Crippen molar-refractivity contribution < 1.29 is 4.79 Å². The molecule has 0 saturated carbocycles. The molecule has 1 heterocycles. The number of anilines is 1. The van der Waals surface area contributed by atoms with E-state index in [-0.39, 0.29) is 15.7 Å². The Morgan fingerprint density at radius 2 is 1.89 bits per heavy atom. The highest BCUT2D eigenvalue weighted by atomic mass is 35.5. The first-order valence-corrected chi connectivity index (χ1v) is 6.09. The Bertz CT molecular complexity index is 602. The zero-order valence-electron chi connectivity index (χ0n) is 8.95. The Hall–Kier alpha value is -1.29. The number of halogens is 3. The predicted molar refractivity (Wildman–Crippen MR) is 73.7 cm³/mol. The van der Waals surface area contributed by atoms with Crippen molar-refractivity contribution in [3.63, 3.8) is 0 Å². The van der Waals surface area contributed by atoms with Gasteiger partial charge < -0.3 is 5.32 Å². The molecule has 0 aliphatic heterocycles. The first-order chi connectivity index (χ1) is 8.59. The molecular formula is C12H7Cl3N2O. The first-order valence-electron chi connectivity index (χ1n) is 4.95. The van der Waals surface area contributed by atoms with Gasteiger partial charge in [0.2, 0.25) is 0 Å². The molecule has 0 unspecified atom stereocenters. The summed E-state index contributed by atoms with van der Waals surface area (Å²) in [5.74, 6) is -0.391. The molecule has 92 valence electrons. The summed E-state index contributed by atoms with van der Waals surface area (Å²) in [6.45, 7) is 0. The Balaban J connectivity index is 2.27. The molecule has 0 aliphatic carbocycles. The van der Waals surface area contributed by atoms with Crippen LogP contribution in [-0.4, -0.2) is 10.9 Å². The fraction of sp³-hybridized carbons (Fsp3) is 0. The average molecular weight is 302 g/mol. The third-order valence-electron chi connectivity index (χ3n) is 2.20. The number of benzene rings is 1. The van der Waals surface area contributed by atoms with Gasteiger partial charge in [0.15, 0.2) is 0 Å². The summed E-state index contributed by atoms with van der Waals surface area (Å²) in [5, 5.41) is 3.41. The van der Waals surface area contributed by atoms with Gasteiger partial charge in [-0.3, -0.25) is 4.79 Å². The van der Waals surface area contributed by atoms with Crippen LogP contribution in [0.2, 0.25) is 15.2 Å². The van der Waals surface area contributed by atoms with Crippen LogP contribution in [0.3, 0.4) is 0 Å². The topological polar surface area (TPSA) is 42.0 Å². The second-order valence-electron chi connectivity index (χ2n) is 3.40. The zero-order valence-corrected chi connectivity index (χ0v) is 11.2. The van der Waals surface area contributed by atoms with E-state index in [1.165, 1.54) is 6.20 Å². The van der Waals surface area contributed by atoms with E-state index in [1.807, 2.05) is 0 Å². The summed E-state index contributed by atoms with van der Waals surface area (Å²) in [5.41, 5.74) is 0.698. The number of carbonyl (C=O) groups excluding carboxylic acids is 1. The maximum Gasteiger partial charge on any atom is 0.258 e. The van der Waals surface area contributed by atoms with Crippen LogP contribution < -0.4 is 5.32 Å². The quantitative estimate of drug-likeness (QED) is 0.841. The van der Waals surface area contributed by atoms with Gasteiger partial charge in [-0.2, -0.15) is 0 Å². The second kappa shape index (κ2) is 5.57. The number of pyridine rings is 1. The van der Waals surface area contributed by atoms with Crippen LogP contribution in [-0.2, 0) is 0 Å². The summed E-state index contributed by atoms with van der Waals surface area (Å²) in [6, 6.07) is 8.17. The largest absolute Gasteiger partial charge is 0.320 e. The van der Waals surface area contributed by atoms with Gasteiger partial charge in [0.05, 0.1) is 21.3 Å². The van der Waals surface area contributed by atoms with Crippen molar-refractivity contribution in [2.24, 2.45) is 0 Å². The number of hydrogen-bond acceptors (Lipinski definition) is 2. The molecule has 0 bridgehead atoms. The highest BCUT2D eigenvalue weighted by Crippen LogP contribution is 2.30. The number of hydrogen-bond donors (Lipinski definition) is 1. The van der Waals surface area contributed by atoms with Gasteiger partial charge in [0.1, 0.15) is 5.15 Å². The van der Waals surface area contributed by atoms with Crippen molar-refractivity contribution in [2.45, 2.75) is 0 Å². The number of amides is 1. The summed E-state index contributed by atoms with van der Waals surface area (Å²) in [7, 11) is 0. The van der Waals surface area contributed by atoms with Crippen LogP contribution in [0.5, 0.6) is 0 Å². The Morgan fingerprint density at radius 3 is 2.61 bits per heavy atom. The van der Waals surface area contributed by atoms with Crippen molar-refractivity contribution in [2.75, 3.05) is 5.32 Å². The van der Waals surface area contributed by atoms with Crippen LogP contribution in [0.15, 0.2) is 36.5 Å². The van der Waals surface area contributed by atoms with E-state index in [2.05, 4.69) is 10.3 Å². The molecule has 6 heteroatoms. The third kappa shape index (κ3) is 2.75. The van der Waals surface area contributed by atoms with Crippen LogP contribution in [0.4, 0.5) is 5.69 Å². The van der Waals surface area contributed by atoms with Crippen molar-refractivity contribution >= 4 is 46.4 Å². The number of nitrogens with zero attached hydrogens (tertiary/aromatic N) is 1. The highest BCUT2D eigenvalue weighted by Gasteiger charge is 2.13. The maximum atomic E-state index is 12.0. The molecule has 0 aliphatic rings. The molecule has 2 aromatic rings. The van der Waals surface area contributed by atoms with Crippen LogP contribution in [0.25, 0.3) is 0 Å². The van der Waals surface area contributed by atoms with Crippen molar-refractivity contribution in [3.05, 3.63) is 57.3 Å². The zero-order chi connectivity index (χ0) is 13.1. The Kier molecular flexibility index (Phi) is 4.07. The van der Waals surface area contributed by atoms with E-state index < -0.39 is 5.91 Å². The lowest BCUT2D eigenvalue weighted by atomic mass is 10.2. The van der Waals surface area contributed by atoms with Crippen LogP contribution in [0.1, 0.15) is 10.4 Å². The van der Waals surface area contributed by atoms with Gasteiger partial charge in [-0.15, -0.1) is 0 Å². The molecule has 1 aromatic heterocycles. The minimum absolute atomic E-state index is 0.133. The molecule has 1 N–H and O–H groups in total. The maximum absolute atomic E-state index is 12.0. The van der Waals surface area contributed by atoms with E-state index in [4.69, 9.17) is 34.8 Å². The fourth-order valence-electron chi connectivity index (χ4n) is 1.35. The lowest BCUT2D eigenvalue weighted by molar-refractivity contribution is 0.102. The number of nitrogens with one attached hydrogen (secondary N) is 1. The predicted octanol–water partition coefficient (Wildman–Crippen LogP) is 4.29. The summed E-state index contributed by atoms with van der Waals surface area (Å²) in [4.78, 5) is 15.8. The molecule has 2 rings (SSSR count). The van der Waals surface area contributed by atoms with Crippen LogP contribution in [0, 0.1) is 0 Å². The molecular weight excluding hydrogens is 295 g/mol. The molecule has 1 amide bonds. The minimum Gasteiger partial charge on any atom is -0.320 e. The van der Waals surface area contributed by atoms with Crippen molar-refractivity contribution in [3.8, 4) is 0 Å². The monoisotopic (exact) mass is 300 g/mol. The molecule has 0 atom stereocenters. The van der Waals surface area contributed by atoms with Gasteiger partial charge in [0.25, 0.3) is 5.91 Å². The van der Waals surface area contributed by atoms with Gasteiger partial charge in [-0.25, -0.2) is 4.98 Å². The average Bonchev–Trinajstić information content (AvgIpc) is 2.35. The Labute approximate surface area is 119 Å². The fourth-order valence-corrected chi connectivity index (χ4v) is 1.90. The van der Waals surface area contributed by atoms with Gasteiger partial charge >= 0.3 is 0 Å². The first kappa shape index (κ1) is 13.1. The molecule has 0 radical (unpaired) electrons. The molecule has 0 spiro atoms. The lowest BCUT2D eigenvalue weighted by Crippen LogP contribution is -2.13. The van der Waals surface area contributed by atoms with Crippen molar-refractivity contribution in [1.29, 1.82) is 0 Å². The SMILES string of the molecule is O=C(Nc1cccc(Cl)c1Cl)c1cccnc1Cl. The molecule has 0 fully saturated rings. The van der Waals surface area contributed by atoms with E-state index in [0.29, 0.717) is 10.7 Å². The van der Waals surface area contributed by atoms with E-state index in [1.54, 1.807) is 30.3 Å². The van der Waals surface area contributed by atoms with E-state index in [0.717, 1.165) is 0 Å². The minimum atomic E-state index is -0.391. The smallest absolute Gasteiger partial charge is 0.258 e. The normalized spacial score (nSPS) is 10.2. The highest BCUT2D eigenvalue weighted by molar-refractivity contribution is 6.44. The lowest BCUT2D eigenvalue weighted by Gasteiger charge is -2.08.